The highest BCUT2D eigenvalue weighted by Crippen LogP contribution is 2.37. The Balaban J connectivity index is 1.60. The molecule has 12 heteroatoms. The van der Waals surface area contributed by atoms with E-state index in [1.54, 1.807) is 30.3 Å². The average molecular weight is 515 g/mol. The van der Waals surface area contributed by atoms with Crippen molar-refractivity contribution in [2.24, 2.45) is 0 Å². The lowest BCUT2D eigenvalue weighted by Crippen LogP contribution is -2.46. The molecule has 1 aliphatic rings. The van der Waals surface area contributed by atoms with Gasteiger partial charge in [-0.05, 0) is 49.6 Å². The molecule has 3 amide bonds. The Hall–Kier alpha value is -3.57. The van der Waals surface area contributed by atoms with Crippen LogP contribution in [0.5, 0.6) is 0 Å². The van der Waals surface area contributed by atoms with E-state index in [1.807, 2.05) is 0 Å². The van der Waals surface area contributed by atoms with Crippen LogP contribution in [0.25, 0.3) is 0 Å². The lowest BCUT2D eigenvalue weighted by atomic mass is 10.0. The molecule has 0 spiro atoms. The van der Waals surface area contributed by atoms with Gasteiger partial charge < -0.3 is 15.5 Å². The first-order chi connectivity index (χ1) is 16.9. The molecule has 3 rings (SSSR count). The van der Waals surface area contributed by atoms with Gasteiger partial charge in [0.1, 0.15) is 6.04 Å². The monoisotopic (exact) mass is 515 g/mol. The summed E-state index contributed by atoms with van der Waals surface area (Å²) in [7, 11) is 0. The molecule has 194 valence electrons. The van der Waals surface area contributed by atoms with Crippen LogP contribution in [0.4, 0.5) is 26.3 Å². The molecule has 1 saturated heterocycles. The third-order valence-corrected chi connectivity index (χ3v) is 5.63. The number of carbonyl (C=O) groups is 3. The van der Waals surface area contributed by atoms with E-state index in [1.165, 1.54) is 0 Å². The van der Waals surface area contributed by atoms with E-state index in [9.17, 15) is 40.7 Å². The summed E-state index contributed by atoms with van der Waals surface area (Å²) in [6.07, 6.45) is -9.23. The first-order valence-electron chi connectivity index (χ1n) is 11.1. The van der Waals surface area contributed by atoms with Crippen molar-refractivity contribution in [3.8, 4) is 0 Å². The zero-order chi connectivity index (χ0) is 26.5. The molecule has 0 unspecified atom stereocenters. The summed E-state index contributed by atoms with van der Waals surface area (Å²) in [6.45, 7) is 0.418. The van der Waals surface area contributed by atoms with Gasteiger partial charge in [-0.15, -0.1) is 0 Å². The van der Waals surface area contributed by atoms with Crippen LogP contribution in [0.1, 0.15) is 51.1 Å². The molecule has 0 radical (unpaired) electrons. The quantitative estimate of drug-likeness (QED) is 0.427. The molecule has 2 N–H and O–H groups in total. The Kier molecular flexibility index (Phi) is 8.26. The summed E-state index contributed by atoms with van der Waals surface area (Å²) in [4.78, 5) is 38.5. The van der Waals surface area contributed by atoms with Crippen molar-refractivity contribution in [1.29, 1.82) is 0 Å². The lowest BCUT2D eigenvalue weighted by molar-refractivity contribution is -0.143. The van der Waals surface area contributed by atoms with Crippen molar-refractivity contribution < 1.29 is 40.7 Å². The van der Waals surface area contributed by atoms with Gasteiger partial charge in [0.2, 0.25) is 5.91 Å². The van der Waals surface area contributed by atoms with Gasteiger partial charge >= 0.3 is 12.4 Å². The number of rotatable bonds is 7. The van der Waals surface area contributed by atoms with Crippen LogP contribution in [-0.2, 0) is 17.1 Å². The van der Waals surface area contributed by atoms with E-state index < -0.39 is 46.9 Å². The van der Waals surface area contributed by atoms with E-state index in [0.717, 1.165) is 4.90 Å². The largest absolute Gasteiger partial charge is 0.416 e. The molecule has 2 aromatic carbocycles. The van der Waals surface area contributed by atoms with Crippen LogP contribution in [0.3, 0.4) is 0 Å². The number of hydrogen-bond acceptors (Lipinski definition) is 3. The third kappa shape index (κ3) is 6.76. The summed E-state index contributed by atoms with van der Waals surface area (Å²) in [5.74, 6) is -1.94. The van der Waals surface area contributed by atoms with Crippen LogP contribution in [0, 0.1) is 0 Å². The zero-order valence-corrected chi connectivity index (χ0v) is 18.9. The van der Waals surface area contributed by atoms with Gasteiger partial charge in [-0.1, -0.05) is 18.2 Å². The molecule has 2 aromatic rings. The fourth-order valence-electron chi connectivity index (χ4n) is 3.84. The summed E-state index contributed by atoms with van der Waals surface area (Å²) in [5, 5.41) is 5.29. The maximum absolute atomic E-state index is 13.1. The molecule has 6 nitrogen and oxygen atoms in total. The molecular weight excluding hydrogens is 492 g/mol. The number of alkyl halides is 6. The normalized spacial score (nSPS) is 16.1. The number of likely N-dealkylation sites (tertiary alicyclic amines) is 1. The van der Waals surface area contributed by atoms with Crippen molar-refractivity contribution in [1.82, 2.24) is 15.5 Å². The Bertz CT molecular complexity index is 1070. The molecule has 0 bridgehead atoms. The van der Waals surface area contributed by atoms with Crippen molar-refractivity contribution in [2.45, 2.75) is 37.7 Å². The first-order valence-corrected chi connectivity index (χ1v) is 11.1. The van der Waals surface area contributed by atoms with Gasteiger partial charge in [0, 0.05) is 30.8 Å². The topological polar surface area (TPSA) is 78.5 Å². The number of carbonyl (C=O) groups excluding carboxylic acids is 3. The summed E-state index contributed by atoms with van der Waals surface area (Å²) in [5.41, 5.74) is -3.51. The van der Waals surface area contributed by atoms with Crippen LogP contribution < -0.4 is 10.6 Å². The van der Waals surface area contributed by atoms with Gasteiger partial charge in [-0.25, -0.2) is 0 Å². The molecule has 36 heavy (non-hydrogen) atoms. The van der Waals surface area contributed by atoms with Crippen LogP contribution in [0.15, 0.2) is 48.5 Å². The molecule has 1 fully saturated rings. The van der Waals surface area contributed by atoms with Crippen molar-refractivity contribution in [3.05, 3.63) is 70.8 Å². The molecule has 1 aliphatic heterocycles. The smallest absolute Gasteiger partial charge is 0.354 e. The van der Waals surface area contributed by atoms with E-state index in [2.05, 4.69) is 10.6 Å². The number of hydrogen-bond donors (Lipinski definition) is 2. The minimum atomic E-state index is -5.09. The molecule has 0 saturated carbocycles. The van der Waals surface area contributed by atoms with Crippen molar-refractivity contribution >= 4 is 17.7 Å². The summed E-state index contributed by atoms with van der Waals surface area (Å²) in [6, 6.07) is 8.13. The molecular formula is C24H23F6N3O3. The highest BCUT2D eigenvalue weighted by atomic mass is 19.4. The first kappa shape index (κ1) is 27.0. The Labute approximate surface area is 202 Å². The van der Waals surface area contributed by atoms with Crippen LogP contribution in [-0.4, -0.2) is 48.3 Å². The van der Waals surface area contributed by atoms with Crippen LogP contribution >= 0.6 is 0 Å². The fraction of sp³-hybridized carbons (Fsp3) is 0.375. The Morgan fingerprint density at radius 3 is 2.00 bits per heavy atom. The summed E-state index contributed by atoms with van der Waals surface area (Å²) < 4.78 is 78.9. The fourth-order valence-corrected chi connectivity index (χ4v) is 3.84. The van der Waals surface area contributed by atoms with Gasteiger partial charge in [0.25, 0.3) is 11.8 Å². The number of halogens is 6. The molecule has 1 atom stereocenters. The number of nitrogens with zero attached hydrogens (tertiary/aromatic N) is 1. The lowest BCUT2D eigenvalue weighted by Gasteiger charge is -2.25. The SMILES string of the molecule is O=C(NCCCNC(=O)[C@H]1CCCN1C(=O)c1cc(C(F)(F)F)cc(C(F)(F)F)c1)c1ccccc1. The number of nitrogens with one attached hydrogen (secondary N) is 2. The predicted molar refractivity (Wildman–Crippen MR) is 117 cm³/mol. The average Bonchev–Trinajstić information content (AvgIpc) is 3.32. The van der Waals surface area contributed by atoms with Crippen molar-refractivity contribution in [3.63, 3.8) is 0 Å². The highest BCUT2D eigenvalue weighted by molar-refractivity contribution is 5.98. The number of benzene rings is 2. The molecule has 0 aliphatic carbocycles. The second-order valence-electron chi connectivity index (χ2n) is 8.22. The van der Waals surface area contributed by atoms with Gasteiger partial charge in [-0.3, -0.25) is 14.4 Å². The van der Waals surface area contributed by atoms with E-state index in [4.69, 9.17) is 0 Å². The second kappa shape index (κ2) is 11.0. The summed E-state index contributed by atoms with van der Waals surface area (Å²) >= 11 is 0. The molecule has 1 heterocycles. The standard InChI is InChI=1S/C24H23F6N3O3/c25-23(26,27)17-12-16(13-18(14-17)24(28,29)30)22(36)33-11-4-8-19(33)21(35)32-10-5-9-31-20(34)15-6-2-1-3-7-15/h1-3,6-7,12-14,19H,4-5,8-11H2,(H,31,34)(H,32,35)/t19-/m1/s1. The molecule has 0 aromatic heterocycles. The minimum Gasteiger partial charge on any atom is -0.354 e. The van der Waals surface area contributed by atoms with E-state index in [0.29, 0.717) is 30.5 Å². The second-order valence-corrected chi connectivity index (χ2v) is 8.22. The van der Waals surface area contributed by atoms with Gasteiger partial charge in [0.15, 0.2) is 0 Å². The number of amides is 3. The van der Waals surface area contributed by atoms with Crippen LogP contribution in [0.2, 0.25) is 0 Å². The Morgan fingerprint density at radius 2 is 1.42 bits per heavy atom. The van der Waals surface area contributed by atoms with E-state index >= 15 is 0 Å². The maximum Gasteiger partial charge on any atom is 0.416 e. The maximum atomic E-state index is 13.1. The van der Waals surface area contributed by atoms with Crippen molar-refractivity contribution in [2.75, 3.05) is 19.6 Å². The van der Waals surface area contributed by atoms with E-state index in [-0.39, 0.29) is 38.0 Å². The highest BCUT2D eigenvalue weighted by Gasteiger charge is 2.40. The third-order valence-electron chi connectivity index (χ3n) is 5.63. The zero-order valence-electron chi connectivity index (χ0n) is 18.9. The van der Waals surface area contributed by atoms with Gasteiger partial charge in [0.05, 0.1) is 11.1 Å². The predicted octanol–water partition coefficient (Wildman–Crippen LogP) is 4.27. The van der Waals surface area contributed by atoms with Gasteiger partial charge in [-0.2, -0.15) is 26.3 Å². The minimum absolute atomic E-state index is 0.0155. The Morgan fingerprint density at radius 1 is 0.833 bits per heavy atom.